The van der Waals surface area contributed by atoms with Crippen molar-refractivity contribution in [1.29, 1.82) is 0 Å². The van der Waals surface area contributed by atoms with E-state index in [1.54, 1.807) is 18.2 Å². The number of hydrogen-bond donors (Lipinski definition) is 3. The molecule has 2 unspecified atom stereocenters. The van der Waals surface area contributed by atoms with E-state index >= 15 is 0 Å². The van der Waals surface area contributed by atoms with Crippen molar-refractivity contribution in [2.45, 2.75) is 25.3 Å². The Morgan fingerprint density at radius 2 is 2.22 bits per heavy atom. The molecule has 1 fully saturated rings. The highest BCUT2D eigenvalue weighted by Gasteiger charge is 2.27. The molecule has 0 aromatic heterocycles. The molecule has 3 N–H and O–H groups in total. The maximum absolute atomic E-state index is 11.2. The van der Waals surface area contributed by atoms with E-state index in [1.165, 1.54) is 0 Å². The van der Waals surface area contributed by atoms with Gasteiger partial charge in [0, 0.05) is 23.0 Å². The first kappa shape index (κ1) is 13.4. The fraction of sp³-hybridized carbons (Fsp3) is 0.462. The number of benzene rings is 1. The van der Waals surface area contributed by atoms with Gasteiger partial charge < -0.3 is 15.5 Å². The Morgan fingerprint density at radius 1 is 1.44 bits per heavy atom. The van der Waals surface area contributed by atoms with Gasteiger partial charge in [0.15, 0.2) is 0 Å². The zero-order valence-electron chi connectivity index (χ0n) is 9.90. The summed E-state index contributed by atoms with van der Waals surface area (Å²) >= 11 is 3.34. The molecule has 5 heteroatoms. The van der Waals surface area contributed by atoms with Crippen LogP contribution in [0, 0.1) is 5.92 Å². The van der Waals surface area contributed by atoms with E-state index in [4.69, 9.17) is 5.11 Å². The Balaban J connectivity index is 2.22. The van der Waals surface area contributed by atoms with Crippen molar-refractivity contribution in [3.05, 3.63) is 28.2 Å². The number of rotatable bonds is 4. The maximum Gasteiger partial charge on any atom is 0.337 e. The molecule has 0 heterocycles. The summed E-state index contributed by atoms with van der Waals surface area (Å²) in [4.78, 5) is 11.2. The largest absolute Gasteiger partial charge is 0.478 e. The summed E-state index contributed by atoms with van der Waals surface area (Å²) in [6, 6.07) is 5.23. The molecule has 1 aliphatic carbocycles. The molecule has 1 aromatic rings. The van der Waals surface area contributed by atoms with Crippen molar-refractivity contribution in [1.82, 2.24) is 0 Å². The second-order valence-corrected chi connectivity index (χ2v) is 5.54. The normalized spacial score (nSPS) is 23.0. The Labute approximate surface area is 114 Å². The van der Waals surface area contributed by atoms with Gasteiger partial charge in [-0.1, -0.05) is 22.4 Å². The lowest BCUT2D eigenvalue weighted by molar-refractivity contribution is 0.0698. The number of nitrogens with one attached hydrogen (secondary N) is 1. The molecule has 0 spiro atoms. The van der Waals surface area contributed by atoms with Crippen LogP contribution in [0.15, 0.2) is 22.7 Å². The minimum absolute atomic E-state index is 0.147. The maximum atomic E-state index is 11.2. The lowest BCUT2D eigenvalue weighted by atomic mass is 10.0. The van der Waals surface area contributed by atoms with Gasteiger partial charge in [-0.3, -0.25) is 0 Å². The number of halogens is 1. The van der Waals surface area contributed by atoms with Crippen LogP contribution in [0.25, 0.3) is 0 Å². The van der Waals surface area contributed by atoms with Crippen molar-refractivity contribution in [3.8, 4) is 0 Å². The topological polar surface area (TPSA) is 69.6 Å². The van der Waals surface area contributed by atoms with E-state index in [-0.39, 0.29) is 24.1 Å². The molecule has 18 heavy (non-hydrogen) atoms. The van der Waals surface area contributed by atoms with Crippen LogP contribution < -0.4 is 5.32 Å². The average molecular weight is 314 g/mol. The first-order chi connectivity index (χ1) is 8.61. The Bertz CT molecular complexity index is 450. The SMILES string of the molecule is O=C(O)c1ccc(Br)cc1NC1CCCC1CO. The summed E-state index contributed by atoms with van der Waals surface area (Å²) in [5.41, 5.74) is 0.879. The predicted molar refractivity (Wildman–Crippen MR) is 72.9 cm³/mol. The molecule has 0 bridgehead atoms. The third-order valence-electron chi connectivity index (χ3n) is 3.45. The fourth-order valence-corrected chi connectivity index (χ4v) is 2.83. The second kappa shape index (κ2) is 5.71. The molecule has 98 valence electrons. The number of carboxylic acids is 1. The van der Waals surface area contributed by atoms with Crippen LogP contribution in [0.1, 0.15) is 29.6 Å². The monoisotopic (exact) mass is 313 g/mol. The Hall–Kier alpha value is -1.07. The molecule has 1 aromatic carbocycles. The lowest BCUT2D eigenvalue weighted by Crippen LogP contribution is -2.27. The quantitative estimate of drug-likeness (QED) is 0.799. The van der Waals surface area contributed by atoms with E-state index in [2.05, 4.69) is 21.2 Å². The van der Waals surface area contributed by atoms with Crippen LogP contribution in [0.2, 0.25) is 0 Å². The van der Waals surface area contributed by atoms with E-state index < -0.39 is 5.97 Å². The lowest BCUT2D eigenvalue weighted by Gasteiger charge is -2.21. The van der Waals surface area contributed by atoms with E-state index in [1.807, 2.05) is 0 Å². The highest BCUT2D eigenvalue weighted by Crippen LogP contribution is 2.30. The molecule has 4 nitrogen and oxygen atoms in total. The van der Waals surface area contributed by atoms with Crippen molar-refractivity contribution in [2.24, 2.45) is 5.92 Å². The molecular weight excluding hydrogens is 298 g/mol. The molecule has 1 aliphatic rings. The van der Waals surface area contributed by atoms with Gasteiger partial charge >= 0.3 is 5.97 Å². The first-order valence-corrected chi connectivity index (χ1v) is 6.81. The van der Waals surface area contributed by atoms with E-state index in [0.29, 0.717) is 5.69 Å². The number of hydrogen-bond acceptors (Lipinski definition) is 3. The van der Waals surface area contributed by atoms with Crippen molar-refractivity contribution in [2.75, 3.05) is 11.9 Å². The zero-order valence-corrected chi connectivity index (χ0v) is 11.5. The molecule has 0 amide bonds. The van der Waals surface area contributed by atoms with Gasteiger partial charge in [0.2, 0.25) is 0 Å². The smallest absolute Gasteiger partial charge is 0.337 e. The van der Waals surface area contributed by atoms with Gasteiger partial charge in [-0.05, 0) is 31.0 Å². The summed E-state index contributed by atoms with van der Waals surface area (Å²) in [5, 5.41) is 21.7. The standard InChI is InChI=1S/C13H16BrNO3/c14-9-4-5-10(13(17)18)12(6-9)15-11-3-1-2-8(11)7-16/h4-6,8,11,15-16H,1-3,7H2,(H,17,18). The number of aliphatic hydroxyl groups is 1. The molecule has 0 saturated heterocycles. The zero-order chi connectivity index (χ0) is 13.1. The number of carboxylic acid groups (broad SMARTS) is 1. The van der Waals surface area contributed by atoms with Crippen LogP contribution in [0.5, 0.6) is 0 Å². The van der Waals surface area contributed by atoms with Gasteiger partial charge in [-0.2, -0.15) is 0 Å². The summed E-state index contributed by atoms with van der Waals surface area (Å²) < 4.78 is 0.841. The minimum Gasteiger partial charge on any atom is -0.478 e. The minimum atomic E-state index is -0.941. The van der Waals surface area contributed by atoms with Crippen LogP contribution in [-0.2, 0) is 0 Å². The molecule has 2 atom stereocenters. The molecule has 0 radical (unpaired) electrons. The van der Waals surface area contributed by atoms with E-state index in [0.717, 1.165) is 23.7 Å². The summed E-state index contributed by atoms with van der Waals surface area (Å²) in [6.07, 6.45) is 3.03. The number of anilines is 1. The van der Waals surface area contributed by atoms with Gasteiger partial charge in [0.25, 0.3) is 0 Å². The Kier molecular flexibility index (Phi) is 4.24. The van der Waals surface area contributed by atoms with Gasteiger partial charge in [-0.15, -0.1) is 0 Å². The summed E-state index contributed by atoms with van der Waals surface area (Å²) in [7, 11) is 0. The van der Waals surface area contributed by atoms with Crippen molar-refractivity contribution >= 4 is 27.6 Å². The Morgan fingerprint density at radius 3 is 2.89 bits per heavy atom. The van der Waals surface area contributed by atoms with Gasteiger partial charge in [0.05, 0.1) is 11.3 Å². The van der Waals surface area contributed by atoms with Gasteiger partial charge in [-0.25, -0.2) is 4.79 Å². The predicted octanol–water partition coefficient (Wildman–Crippen LogP) is 2.72. The number of aliphatic hydroxyl groups excluding tert-OH is 1. The summed E-state index contributed by atoms with van der Waals surface area (Å²) in [5.74, 6) is -0.728. The summed E-state index contributed by atoms with van der Waals surface area (Å²) in [6.45, 7) is 0.147. The van der Waals surface area contributed by atoms with Crippen LogP contribution in [-0.4, -0.2) is 28.8 Å². The highest BCUT2D eigenvalue weighted by molar-refractivity contribution is 9.10. The fourth-order valence-electron chi connectivity index (χ4n) is 2.47. The number of carbonyl (C=O) groups is 1. The number of aromatic carboxylic acids is 1. The van der Waals surface area contributed by atoms with Gasteiger partial charge in [0.1, 0.15) is 0 Å². The molecular formula is C13H16BrNO3. The second-order valence-electron chi connectivity index (χ2n) is 4.62. The third kappa shape index (κ3) is 2.84. The van der Waals surface area contributed by atoms with Crippen LogP contribution in [0.3, 0.4) is 0 Å². The van der Waals surface area contributed by atoms with Crippen molar-refractivity contribution in [3.63, 3.8) is 0 Å². The van der Waals surface area contributed by atoms with E-state index in [9.17, 15) is 9.90 Å². The van der Waals surface area contributed by atoms with Crippen LogP contribution >= 0.6 is 15.9 Å². The average Bonchev–Trinajstić information content (AvgIpc) is 2.76. The highest BCUT2D eigenvalue weighted by atomic mass is 79.9. The first-order valence-electron chi connectivity index (χ1n) is 6.02. The van der Waals surface area contributed by atoms with Crippen molar-refractivity contribution < 1.29 is 15.0 Å². The molecule has 0 aliphatic heterocycles. The molecule has 2 rings (SSSR count). The molecule has 1 saturated carbocycles. The van der Waals surface area contributed by atoms with Crippen LogP contribution in [0.4, 0.5) is 5.69 Å². The third-order valence-corrected chi connectivity index (χ3v) is 3.94.